The molecule has 0 saturated heterocycles. The number of carboxylic acid groups (broad SMARTS) is 2. The van der Waals surface area contributed by atoms with Gasteiger partial charge in [-0.2, -0.15) is 10.2 Å². The number of hydrogen-bond donors (Lipinski definition) is 2. The Labute approximate surface area is 159 Å². The van der Waals surface area contributed by atoms with Crippen LogP contribution in [0.5, 0.6) is 0 Å². The average Bonchev–Trinajstić information content (AvgIpc) is 3.43. The molecular formula is C20H16N4O4. The van der Waals surface area contributed by atoms with E-state index in [9.17, 15) is 9.59 Å². The highest BCUT2D eigenvalue weighted by atomic mass is 16.4. The molecule has 4 aromatic rings. The van der Waals surface area contributed by atoms with Gasteiger partial charge in [-0.1, -0.05) is 0 Å². The average molecular weight is 376 g/mol. The molecule has 0 bridgehead atoms. The Morgan fingerprint density at radius 3 is 1.25 bits per heavy atom. The molecule has 0 aliphatic carbocycles. The quantitative estimate of drug-likeness (QED) is 0.566. The standard InChI is InChI=1S/2C10H8N2O2/c2*13-10(14)8-2-4-9(5-3-8)12-7-1-6-11-12/h2*1-7H,(H,13,14). The van der Waals surface area contributed by atoms with Gasteiger partial charge in [0.2, 0.25) is 0 Å². The summed E-state index contributed by atoms with van der Waals surface area (Å²) in [7, 11) is 0. The van der Waals surface area contributed by atoms with E-state index >= 15 is 0 Å². The van der Waals surface area contributed by atoms with E-state index < -0.39 is 11.9 Å². The van der Waals surface area contributed by atoms with Gasteiger partial charge in [0, 0.05) is 24.8 Å². The summed E-state index contributed by atoms with van der Waals surface area (Å²) >= 11 is 0. The minimum Gasteiger partial charge on any atom is -0.478 e. The van der Waals surface area contributed by atoms with Crippen LogP contribution in [0.15, 0.2) is 85.5 Å². The topological polar surface area (TPSA) is 110 Å². The number of nitrogens with zero attached hydrogens (tertiary/aromatic N) is 4. The van der Waals surface area contributed by atoms with Gasteiger partial charge in [0.1, 0.15) is 0 Å². The molecule has 0 aliphatic rings. The molecule has 0 unspecified atom stereocenters. The van der Waals surface area contributed by atoms with E-state index in [0.29, 0.717) is 0 Å². The zero-order chi connectivity index (χ0) is 19.9. The minimum atomic E-state index is -0.919. The Hall–Kier alpha value is -4.20. The molecule has 2 aromatic carbocycles. The van der Waals surface area contributed by atoms with Crippen molar-refractivity contribution in [2.45, 2.75) is 0 Å². The van der Waals surface area contributed by atoms with E-state index in [0.717, 1.165) is 11.4 Å². The lowest BCUT2D eigenvalue weighted by Crippen LogP contribution is -1.98. The molecule has 2 aromatic heterocycles. The molecule has 0 fully saturated rings. The third-order valence-corrected chi connectivity index (χ3v) is 3.77. The Bertz CT molecular complexity index is 951. The Balaban J connectivity index is 0.000000161. The van der Waals surface area contributed by atoms with Gasteiger partial charge in [0.15, 0.2) is 0 Å². The number of aromatic carboxylic acids is 2. The van der Waals surface area contributed by atoms with E-state index in [1.165, 1.54) is 0 Å². The molecule has 0 atom stereocenters. The van der Waals surface area contributed by atoms with Crippen LogP contribution in [0.1, 0.15) is 20.7 Å². The lowest BCUT2D eigenvalue weighted by atomic mass is 10.2. The summed E-state index contributed by atoms with van der Waals surface area (Å²) in [5, 5.41) is 25.4. The molecule has 2 heterocycles. The molecule has 140 valence electrons. The largest absolute Gasteiger partial charge is 0.478 e. The highest BCUT2D eigenvalue weighted by Gasteiger charge is 2.03. The number of carboxylic acids is 2. The van der Waals surface area contributed by atoms with Crippen LogP contribution in [0.3, 0.4) is 0 Å². The number of carbonyl (C=O) groups is 2. The van der Waals surface area contributed by atoms with Gasteiger partial charge >= 0.3 is 11.9 Å². The SMILES string of the molecule is O=C(O)c1ccc(-n2cccn2)cc1.O=C(O)c1ccc(-n2cccn2)cc1. The first-order valence-corrected chi connectivity index (χ1v) is 8.21. The van der Waals surface area contributed by atoms with Gasteiger partial charge < -0.3 is 10.2 Å². The van der Waals surface area contributed by atoms with E-state index in [1.54, 1.807) is 82.7 Å². The Morgan fingerprint density at radius 2 is 1.00 bits per heavy atom. The van der Waals surface area contributed by atoms with E-state index in [1.807, 2.05) is 12.1 Å². The summed E-state index contributed by atoms with van der Waals surface area (Å²) in [5.41, 5.74) is 2.25. The molecule has 0 amide bonds. The number of hydrogen-bond acceptors (Lipinski definition) is 4. The van der Waals surface area contributed by atoms with E-state index in [4.69, 9.17) is 10.2 Å². The van der Waals surface area contributed by atoms with Gasteiger partial charge in [-0.15, -0.1) is 0 Å². The van der Waals surface area contributed by atoms with Crippen LogP contribution in [-0.2, 0) is 0 Å². The van der Waals surface area contributed by atoms with Crippen molar-refractivity contribution in [2.75, 3.05) is 0 Å². The van der Waals surface area contributed by atoms with Crippen LogP contribution >= 0.6 is 0 Å². The van der Waals surface area contributed by atoms with Crippen molar-refractivity contribution in [3.63, 3.8) is 0 Å². The lowest BCUT2D eigenvalue weighted by Gasteiger charge is -2.00. The summed E-state index contributed by atoms with van der Waals surface area (Å²) in [5.74, 6) is -1.84. The van der Waals surface area contributed by atoms with Crippen LogP contribution in [0.25, 0.3) is 11.4 Å². The monoisotopic (exact) mass is 376 g/mol. The van der Waals surface area contributed by atoms with Crippen LogP contribution in [0.2, 0.25) is 0 Å². The summed E-state index contributed by atoms with van der Waals surface area (Å²) in [6.07, 6.45) is 6.95. The second-order valence-corrected chi connectivity index (χ2v) is 5.61. The predicted octanol–water partition coefficient (Wildman–Crippen LogP) is 3.14. The first-order chi connectivity index (χ1) is 13.5. The predicted molar refractivity (Wildman–Crippen MR) is 101 cm³/mol. The van der Waals surface area contributed by atoms with Crippen LogP contribution in [0, 0.1) is 0 Å². The van der Waals surface area contributed by atoms with E-state index in [2.05, 4.69) is 10.2 Å². The Kier molecular flexibility index (Phi) is 5.61. The maximum atomic E-state index is 10.6. The third kappa shape index (κ3) is 4.50. The first kappa shape index (κ1) is 18.6. The molecular weight excluding hydrogens is 360 g/mol. The highest BCUT2D eigenvalue weighted by Crippen LogP contribution is 2.09. The summed E-state index contributed by atoms with van der Waals surface area (Å²) in [6, 6.07) is 16.7. The maximum absolute atomic E-state index is 10.6. The van der Waals surface area contributed by atoms with Crippen LogP contribution < -0.4 is 0 Å². The Morgan fingerprint density at radius 1 is 0.643 bits per heavy atom. The van der Waals surface area contributed by atoms with Crippen molar-refractivity contribution in [1.82, 2.24) is 19.6 Å². The number of rotatable bonds is 4. The normalized spacial score (nSPS) is 10.0. The maximum Gasteiger partial charge on any atom is 0.335 e. The lowest BCUT2D eigenvalue weighted by molar-refractivity contribution is 0.0686. The van der Waals surface area contributed by atoms with Gasteiger partial charge in [-0.3, -0.25) is 0 Å². The zero-order valence-electron chi connectivity index (χ0n) is 14.6. The fraction of sp³-hybridized carbons (Fsp3) is 0. The molecule has 0 radical (unpaired) electrons. The van der Waals surface area contributed by atoms with Crippen molar-refractivity contribution in [1.29, 1.82) is 0 Å². The summed E-state index contributed by atoms with van der Waals surface area (Å²) in [6.45, 7) is 0. The smallest absolute Gasteiger partial charge is 0.335 e. The van der Waals surface area contributed by atoms with Crippen LogP contribution in [-0.4, -0.2) is 41.7 Å². The fourth-order valence-corrected chi connectivity index (χ4v) is 2.36. The first-order valence-electron chi connectivity index (χ1n) is 8.21. The second kappa shape index (κ2) is 8.45. The van der Waals surface area contributed by atoms with Crippen LogP contribution in [0.4, 0.5) is 0 Å². The molecule has 28 heavy (non-hydrogen) atoms. The molecule has 8 nitrogen and oxygen atoms in total. The van der Waals surface area contributed by atoms with E-state index in [-0.39, 0.29) is 11.1 Å². The second-order valence-electron chi connectivity index (χ2n) is 5.61. The third-order valence-electron chi connectivity index (χ3n) is 3.77. The molecule has 0 saturated carbocycles. The fourth-order valence-electron chi connectivity index (χ4n) is 2.36. The molecule has 2 N–H and O–H groups in total. The highest BCUT2D eigenvalue weighted by molar-refractivity contribution is 5.88. The summed E-state index contributed by atoms with van der Waals surface area (Å²) in [4.78, 5) is 21.2. The number of aromatic nitrogens is 4. The summed E-state index contributed by atoms with van der Waals surface area (Å²) < 4.78 is 3.34. The molecule has 8 heteroatoms. The van der Waals surface area contributed by atoms with Gasteiger partial charge in [0.25, 0.3) is 0 Å². The molecule has 4 rings (SSSR count). The van der Waals surface area contributed by atoms with Crippen molar-refractivity contribution in [2.24, 2.45) is 0 Å². The van der Waals surface area contributed by atoms with Crippen molar-refractivity contribution >= 4 is 11.9 Å². The molecule has 0 spiro atoms. The van der Waals surface area contributed by atoms with Crippen molar-refractivity contribution < 1.29 is 19.8 Å². The zero-order valence-corrected chi connectivity index (χ0v) is 14.6. The van der Waals surface area contributed by atoms with Crippen molar-refractivity contribution in [3.05, 3.63) is 96.6 Å². The van der Waals surface area contributed by atoms with Gasteiger partial charge in [-0.25, -0.2) is 19.0 Å². The van der Waals surface area contributed by atoms with Crippen molar-refractivity contribution in [3.8, 4) is 11.4 Å². The van der Waals surface area contributed by atoms with Gasteiger partial charge in [-0.05, 0) is 60.7 Å². The minimum absolute atomic E-state index is 0.279. The number of benzene rings is 2. The van der Waals surface area contributed by atoms with Gasteiger partial charge in [0.05, 0.1) is 22.5 Å². The molecule has 0 aliphatic heterocycles.